The van der Waals surface area contributed by atoms with Crippen LogP contribution in [0.2, 0.25) is 0 Å². The van der Waals surface area contributed by atoms with E-state index in [1.165, 1.54) is 13.8 Å². The van der Waals surface area contributed by atoms with Crippen molar-refractivity contribution in [3.8, 4) is 0 Å². The van der Waals surface area contributed by atoms with Gasteiger partial charge >= 0.3 is 0 Å². The smallest absolute Gasteiger partial charge is 0.217 e. The maximum absolute atomic E-state index is 11.5. The molecule has 2 aliphatic heterocycles. The summed E-state index contributed by atoms with van der Waals surface area (Å²) in [4.78, 5) is 23.0. The Kier molecular flexibility index (Phi) is 9.60. The van der Waals surface area contributed by atoms with Crippen molar-refractivity contribution in [3.05, 3.63) is 0 Å². The number of rotatable bonds is 7. The zero-order valence-corrected chi connectivity index (χ0v) is 18.0. The van der Waals surface area contributed by atoms with Crippen LogP contribution >= 0.6 is 21.6 Å². The molecule has 12 nitrogen and oxygen atoms in total. The van der Waals surface area contributed by atoms with E-state index in [0.29, 0.717) is 0 Å². The number of aliphatic hydroxyl groups excluding tert-OH is 6. The van der Waals surface area contributed by atoms with Gasteiger partial charge in [0.1, 0.15) is 47.5 Å². The first-order chi connectivity index (χ1) is 14.1. The molecule has 0 aromatic rings. The number of amides is 2. The van der Waals surface area contributed by atoms with Gasteiger partial charge in [-0.3, -0.25) is 9.59 Å². The minimum absolute atomic E-state index is 0.475. The van der Waals surface area contributed by atoms with Crippen LogP contribution in [0.15, 0.2) is 0 Å². The molecule has 0 aromatic carbocycles. The molecule has 0 bridgehead atoms. The van der Waals surface area contributed by atoms with Crippen LogP contribution in [-0.2, 0) is 19.1 Å². The van der Waals surface area contributed by atoms with Crippen molar-refractivity contribution in [1.82, 2.24) is 10.6 Å². The van der Waals surface area contributed by atoms with Gasteiger partial charge in [-0.2, -0.15) is 0 Å². The van der Waals surface area contributed by atoms with Crippen molar-refractivity contribution in [2.24, 2.45) is 0 Å². The van der Waals surface area contributed by atoms with Crippen molar-refractivity contribution in [2.75, 3.05) is 13.2 Å². The van der Waals surface area contributed by atoms with E-state index in [0.717, 1.165) is 21.6 Å². The number of carbonyl (C=O) groups excluding carboxylic acids is 2. The van der Waals surface area contributed by atoms with Gasteiger partial charge in [0.25, 0.3) is 0 Å². The summed E-state index contributed by atoms with van der Waals surface area (Å²) in [6, 6.07) is -2.05. The molecule has 0 radical (unpaired) electrons. The molecule has 174 valence electrons. The molecule has 0 saturated carbocycles. The Morgan fingerprint density at radius 3 is 1.33 bits per heavy atom. The third kappa shape index (κ3) is 5.97. The standard InChI is InChI=1S/C16H28N2O10S2/c1-5(21)17-9-13(25)11(23)7(3-19)27-15(9)29-30-16-10(18-6(2)22)14(26)12(24)8(4-20)28-16/h7-16,19-20,23-26H,3-4H2,1-2H3,(H,17,21)(H,18,22)/t7?,8?,9?,10?,11-,12-,13-,14+,15+,16+/m1/s1. The average molecular weight is 473 g/mol. The van der Waals surface area contributed by atoms with Gasteiger partial charge in [-0.25, -0.2) is 0 Å². The third-order valence-electron chi connectivity index (χ3n) is 4.75. The van der Waals surface area contributed by atoms with E-state index in [1.807, 2.05) is 0 Å². The predicted octanol–water partition coefficient (Wildman–Crippen LogP) is -3.74. The molecule has 2 heterocycles. The summed E-state index contributed by atoms with van der Waals surface area (Å²) in [6.07, 6.45) is -7.90. The maximum Gasteiger partial charge on any atom is 0.217 e. The first-order valence-electron chi connectivity index (χ1n) is 9.21. The lowest BCUT2D eigenvalue weighted by Gasteiger charge is -2.44. The van der Waals surface area contributed by atoms with Crippen molar-refractivity contribution >= 4 is 33.4 Å². The van der Waals surface area contributed by atoms with Gasteiger partial charge in [0.15, 0.2) is 0 Å². The van der Waals surface area contributed by atoms with E-state index >= 15 is 0 Å². The van der Waals surface area contributed by atoms with Gasteiger partial charge in [-0.1, -0.05) is 21.6 Å². The number of aliphatic hydroxyl groups is 6. The summed E-state index contributed by atoms with van der Waals surface area (Å²) >= 11 is 0. The molecule has 0 aromatic heterocycles. The van der Waals surface area contributed by atoms with Crippen molar-refractivity contribution < 1.29 is 49.7 Å². The minimum Gasteiger partial charge on any atom is -0.394 e. The molecule has 2 rings (SSSR count). The Balaban J connectivity index is 2.16. The summed E-state index contributed by atoms with van der Waals surface area (Å²) in [5, 5.41) is 64.6. The van der Waals surface area contributed by atoms with Crippen LogP contribution in [0.3, 0.4) is 0 Å². The van der Waals surface area contributed by atoms with Crippen molar-refractivity contribution in [2.45, 2.75) is 73.4 Å². The maximum atomic E-state index is 11.5. The number of hydrogen-bond donors (Lipinski definition) is 8. The molecule has 2 saturated heterocycles. The highest BCUT2D eigenvalue weighted by molar-refractivity contribution is 8.77. The fourth-order valence-corrected chi connectivity index (χ4v) is 6.15. The van der Waals surface area contributed by atoms with Gasteiger partial charge in [-0.15, -0.1) is 0 Å². The van der Waals surface area contributed by atoms with Crippen LogP contribution in [0.25, 0.3) is 0 Å². The fourth-order valence-electron chi connectivity index (χ4n) is 3.21. The van der Waals surface area contributed by atoms with Crippen LogP contribution in [0.5, 0.6) is 0 Å². The van der Waals surface area contributed by atoms with Gasteiger partial charge in [-0.05, 0) is 0 Å². The summed E-state index contributed by atoms with van der Waals surface area (Å²) < 4.78 is 11.2. The topological polar surface area (TPSA) is 198 Å². The molecule has 2 aliphatic rings. The van der Waals surface area contributed by atoms with Gasteiger partial charge in [0.2, 0.25) is 11.8 Å². The van der Waals surface area contributed by atoms with E-state index in [-0.39, 0.29) is 0 Å². The van der Waals surface area contributed by atoms with Crippen LogP contribution in [0.4, 0.5) is 0 Å². The van der Waals surface area contributed by atoms with Crippen LogP contribution < -0.4 is 10.6 Å². The highest BCUT2D eigenvalue weighted by Crippen LogP contribution is 2.41. The highest BCUT2D eigenvalue weighted by Gasteiger charge is 2.48. The van der Waals surface area contributed by atoms with Crippen LogP contribution in [-0.4, -0.2) is 115 Å². The zero-order valence-electron chi connectivity index (χ0n) is 16.3. The average Bonchev–Trinajstić information content (AvgIpc) is 2.69. The van der Waals surface area contributed by atoms with E-state index in [9.17, 15) is 40.2 Å². The molecular weight excluding hydrogens is 444 g/mol. The molecule has 0 aliphatic carbocycles. The second-order valence-electron chi connectivity index (χ2n) is 7.06. The fraction of sp³-hybridized carbons (Fsp3) is 0.875. The Labute approximate surface area is 180 Å². The lowest BCUT2D eigenvalue weighted by molar-refractivity contribution is -0.174. The van der Waals surface area contributed by atoms with Crippen LogP contribution in [0.1, 0.15) is 13.8 Å². The number of nitrogens with one attached hydrogen (secondary N) is 2. The highest BCUT2D eigenvalue weighted by atomic mass is 33.1. The van der Waals surface area contributed by atoms with Gasteiger partial charge in [0.05, 0.1) is 25.3 Å². The van der Waals surface area contributed by atoms with Crippen molar-refractivity contribution in [1.29, 1.82) is 0 Å². The molecule has 2 amide bonds. The summed E-state index contributed by atoms with van der Waals surface area (Å²) in [7, 11) is 1.94. The Morgan fingerprint density at radius 2 is 1.07 bits per heavy atom. The molecule has 0 spiro atoms. The lowest BCUT2D eigenvalue weighted by Crippen LogP contribution is -2.64. The Morgan fingerprint density at radius 1 is 0.733 bits per heavy atom. The largest absolute Gasteiger partial charge is 0.394 e. The SMILES string of the molecule is CC(=O)NC1[C@@H](O)[C@H](O)C(CO)O[C@H]1SS[C@@H]1OC(CO)[C@@H](O)[C@@H](O)C1NC(C)=O. The zero-order chi connectivity index (χ0) is 22.6. The van der Waals surface area contributed by atoms with E-state index in [4.69, 9.17) is 9.47 Å². The first-order valence-corrected chi connectivity index (χ1v) is 11.5. The summed E-state index contributed by atoms with van der Waals surface area (Å²) in [5.41, 5.74) is -1.87. The second kappa shape index (κ2) is 11.3. The number of ether oxygens (including phenoxy) is 2. The second-order valence-corrected chi connectivity index (χ2v) is 9.53. The number of carbonyl (C=O) groups is 2. The molecule has 2 fully saturated rings. The number of hydrogen-bond acceptors (Lipinski definition) is 12. The van der Waals surface area contributed by atoms with E-state index in [2.05, 4.69) is 10.6 Å². The monoisotopic (exact) mass is 472 g/mol. The molecule has 10 atom stereocenters. The quantitative estimate of drug-likeness (QED) is 0.169. The van der Waals surface area contributed by atoms with Gasteiger partial charge in [0, 0.05) is 13.8 Å². The third-order valence-corrected chi connectivity index (χ3v) is 7.52. The van der Waals surface area contributed by atoms with Gasteiger partial charge < -0.3 is 50.7 Å². The molecule has 14 heteroatoms. The van der Waals surface area contributed by atoms with E-state index < -0.39 is 84.6 Å². The summed E-state index contributed by atoms with van der Waals surface area (Å²) in [6.45, 7) is 1.32. The lowest BCUT2D eigenvalue weighted by atomic mass is 9.98. The Hall–Kier alpha value is -0.680. The summed E-state index contributed by atoms with van der Waals surface area (Å²) in [5.74, 6) is -0.950. The van der Waals surface area contributed by atoms with E-state index in [1.54, 1.807) is 0 Å². The molecular formula is C16H28N2O10S2. The molecule has 4 unspecified atom stereocenters. The van der Waals surface area contributed by atoms with Crippen LogP contribution in [0, 0.1) is 0 Å². The minimum atomic E-state index is -1.43. The Bertz CT molecular complexity index is 552. The predicted molar refractivity (Wildman–Crippen MR) is 106 cm³/mol. The van der Waals surface area contributed by atoms with Crippen molar-refractivity contribution in [3.63, 3.8) is 0 Å². The molecule has 30 heavy (non-hydrogen) atoms. The normalized spacial score (nSPS) is 41.9. The first kappa shape index (κ1) is 25.6. The molecule has 8 N–H and O–H groups in total.